The Balaban J connectivity index is 1.44. The van der Waals surface area contributed by atoms with Gasteiger partial charge >= 0.3 is 5.97 Å². The van der Waals surface area contributed by atoms with E-state index < -0.39 is 32.9 Å². The fourth-order valence-electron chi connectivity index (χ4n) is 6.17. The number of carbonyl (C=O) groups is 2. The molecule has 2 unspecified atom stereocenters. The molecule has 3 atom stereocenters. The van der Waals surface area contributed by atoms with Gasteiger partial charge in [-0.25, -0.2) is 13.1 Å². The Morgan fingerprint density at radius 2 is 1.85 bits per heavy atom. The molecule has 2 bridgehead atoms. The summed E-state index contributed by atoms with van der Waals surface area (Å²) in [4.78, 5) is 28.9. The van der Waals surface area contributed by atoms with E-state index in [4.69, 9.17) is 15.0 Å². The number of nitrogens with one attached hydrogen (secondary N) is 1. The maximum absolute atomic E-state index is 13.5. The van der Waals surface area contributed by atoms with E-state index in [1.165, 1.54) is 0 Å². The highest BCUT2D eigenvalue weighted by atomic mass is 32.2. The van der Waals surface area contributed by atoms with Crippen molar-refractivity contribution in [1.29, 1.82) is 0 Å². The van der Waals surface area contributed by atoms with Crippen LogP contribution in [0.1, 0.15) is 57.1 Å². The molecule has 220 valence electrons. The first-order valence-electron chi connectivity index (χ1n) is 14.0. The number of ether oxygens (including phenoxy) is 2. The number of nitrogens with zero attached hydrogens (tertiary/aromatic N) is 3. The zero-order valence-corrected chi connectivity index (χ0v) is 24.4. The average Bonchev–Trinajstić information content (AvgIpc) is 3.28. The molecule has 2 fully saturated rings. The molecule has 2 aromatic rings. The number of unbranched alkanes of at least 4 members (excludes halogenated alkanes) is 1. The SMILES string of the molecule is CC1(C)C2CCC1(CS(=O)(=O)N[C@@H](Cc1ccc(OCCCCN=[N+]=[N-])cc1)C(=O)OCc1ccccc1)C(=O)C2. The van der Waals surface area contributed by atoms with Gasteiger partial charge in [-0.05, 0) is 72.2 Å². The zero-order valence-electron chi connectivity index (χ0n) is 23.6. The second-order valence-corrected chi connectivity index (χ2v) is 13.3. The largest absolute Gasteiger partial charge is 0.494 e. The lowest BCUT2D eigenvalue weighted by Gasteiger charge is -2.36. The molecule has 4 rings (SSSR count). The second kappa shape index (κ2) is 13.1. The summed E-state index contributed by atoms with van der Waals surface area (Å²) in [7, 11) is -4.02. The van der Waals surface area contributed by atoms with Crippen LogP contribution in [0, 0.1) is 16.7 Å². The van der Waals surface area contributed by atoms with Crippen molar-refractivity contribution in [2.75, 3.05) is 18.9 Å². The van der Waals surface area contributed by atoms with Gasteiger partial charge in [0.25, 0.3) is 0 Å². The molecule has 0 saturated heterocycles. The molecule has 0 aromatic heterocycles. The Morgan fingerprint density at radius 1 is 1.12 bits per heavy atom. The van der Waals surface area contributed by atoms with Gasteiger partial charge in [-0.2, -0.15) is 0 Å². The van der Waals surface area contributed by atoms with Crippen molar-refractivity contribution in [3.63, 3.8) is 0 Å². The first-order valence-corrected chi connectivity index (χ1v) is 15.7. The van der Waals surface area contributed by atoms with Crippen molar-refractivity contribution in [1.82, 2.24) is 4.72 Å². The molecule has 11 heteroatoms. The number of hydrogen-bond donors (Lipinski definition) is 1. The number of hydrogen-bond acceptors (Lipinski definition) is 7. The van der Waals surface area contributed by atoms with E-state index in [2.05, 4.69) is 14.7 Å². The second-order valence-electron chi connectivity index (χ2n) is 11.5. The van der Waals surface area contributed by atoms with Crippen LogP contribution >= 0.6 is 0 Å². The lowest BCUT2D eigenvalue weighted by atomic mass is 9.70. The van der Waals surface area contributed by atoms with Crippen molar-refractivity contribution in [2.45, 2.75) is 65.0 Å². The third-order valence-corrected chi connectivity index (χ3v) is 10.3. The van der Waals surface area contributed by atoms with Crippen LogP contribution < -0.4 is 9.46 Å². The van der Waals surface area contributed by atoms with E-state index in [9.17, 15) is 18.0 Å². The predicted molar refractivity (Wildman–Crippen MR) is 154 cm³/mol. The third kappa shape index (κ3) is 7.28. The molecule has 0 amide bonds. The number of fused-ring (bicyclic) bond motifs is 2. The molecule has 2 aliphatic rings. The molecule has 0 spiro atoms. The molecular weight excluding hydrogens is 544 g/mol. The number of rotatable bonds is 15. The summed E-state index contributed by atoms with van der Waals surface area (Å²) < 4.78 is 40.9. The Labute approximate surface area is 241 Å². The molecular formula is C30H38N4O6S. The van der Waals surface area contributed by atoms with Gasteiger partial charge in [-0.15, -0.1) is 0 Å². The number of benzene rings is 2. The van der Waals surface area contributed by atoms with Crippen LogP contribution in [-0.4, -0.2) is 45.1 Å². The Hall–Kier alpha value is -3.40. The molecule has 41 heavy (non-hydrogen) atoms. The summed E-state index contributed by atoms with van der Waals surface area (Å²) in [5.41, 5.74) is 8.49. The van der Waals surface area contributed by atoms with Crippen LogP contribution in [0.25, 0.3) is 10.4 Å². The third-order valence-electron chi connectivity index (χ3n) is 8.75. The number of Topliss-reactive ketones (excluding diaryl/α,β-unsaturated/α-hetero) is 1. The molecule has 0 aliphatic heterocycles. The Bertz CT molecular complexity index is 1370. The normalized spacial score (nSPS) is 21.7. The van der Waals surface area contributed by atoms with Crippen molar-refractivity contribution in [2.24, 2.45) is 21.9 Å². The topological polar surface area (TPSA) is 148 Å². The van der Waals surface area contributed by atoms with Crippen LogP contribution in [0.2, 0.25) is 0 Å². The monoisotopic (exact) mass is 582 g/mol. The number of esters is 1. The highest BCUT2D eigenvalue weighted by Gasteiger charge is 2.65. The first kappa shape index (κ1) is 30.6. The number of sulfonamides is 1. The number of carbonyl (C=O) groups excluding carboxylic acids is 2. The van der Waals surface area contributed by atoms with Crippen molar-refractivity contribution >= 4 is 21.8 Å². The van der Waals surface area contributed by atoms with Gasteiger partial charge in [-0.1, -0.05) is 61.4 Å². The molecule has 0 heterocycles. The lowest BCUT2D eigenvalue weighted by molar-refractivity contribution is -0.147. The molecule has 10 nitrogen and oxygen atoms in total. The van der Waals surface area contributed by atoms with E-state index in [1.54, 1.807) is 24.3 Å². The molecule has 1 N–H and O–H groups in total. The van der Waals surface area contributed by atoms with Crippen molar-refractivity contribution in [3.8, 4) is 5.75 Å². The zero-order chi connectivity index (χ0) is 29.5. The van der Waals surface area contributed by atoms with E-state index >= 15 is 0 Å². The van der Waals surface area contributed by atoms with Gasteiger partial charge in [0.15, 0.2) is 0 Å². The Kier molecular flexibility index (Phi) is 9.73. The van der Waals surface area contributed by atoms with Gasteiger partial charge < -0.3 is 9.47 Å². The fourth-order valence-corrected chi connectivity index (χ4v) is 8.19. The lowest BCUT2D eigenvalue weighted by Crippen LogP contribution is -2.50. The minimum atomic E-state index is -4.02. The van der Waals surface area contributed by atoms with E-state index in [0.717, 1.165) is 30.4 Å². The Morgan fingerprint density at radius 3 is 2.49 bits per heavy atom. The summed E-state index contributed by atoms with van der Waals surface area (Å²) in [6.07, 6.45) is 3.32. The van der Waals surface area contributed by atoms with E-state index in [0.29, 0.717) is 31.7 Å². The van der Waals surface area contributed by atoms with Crippen LogP contribution in [0.3, 0.4) is 0 Å². The van der Waals surface area contributed by atoms with Gasteiger partial charge in [-0.3, -0.25) is 9.59 Å². The molecule has 2 aromatic carbocycles. The quantitative estimate of drug-likeness (QED) is 0.101. The van der Waals surface area contributed by atoms with Crippen molar-refractivity contribution in [3.05, 3.63) is 76.2 Å². The summed E-state index contributed by atoms with van der Waals surface area (Å²) in [5.74, 6) is -0.198. The van der Waals surface area contributed by atoms with Gasteiger partial charge in [0, 0.05) is 23.3 Å². The van der Waals surface area contributed by atoms with Crippen LogP contribution in [0.15, 0.2) is 59.7 Å². The van der Waals surface area contributed by atoms with Crippen LogP contribution in [-0.2, 0) is 37.4 Å². The van der Waals surface area contributed by atoms with Gasteiger partial charge in [0.2, 0.25) is 10.0 Å². The number of ketones is 1. The molecule has 2 aliphatic carbocycles. The van der Waals surface area contributed by atoms with Crippen LogP contribution in [0.4, 0.5) is 0 Å². The predicted octanol–water partition coefficient (Wildman–Crippen LogP) is 5.13. The number of azide groups is 1. The maximum Gasteiger partial charge on any atom is 0.324 e. The summed E-state index contributed by atoms with van der Waals surface area (Å²) in [6, 6.07) is 15.1. The highest BCUT2D eigenvalue weighted by molar-refractivity contribution is 7.89. The first-order chi connectivity index (χ1) is 19.6. The summed E-state index contributed by atoms with van der Waals surface area (Å²) in [5, 5.41) is 3.50. The maximum atomic E-state index is 13.5. The highest BCUT2D eigenvalue weighted by Crippen LogP contribution is 2.64. The van der Waals surface area contributed by atoms with Crippen molar-refractivity contribution < 1.29 is 27.5 Å². The van der Waals surface area contributed by atoms with Gasteiger partial charge in [0.1, 0.15) is 24.2 Å². The smallest absolute Gasteiger partial charge is 0.324 e. The van der Waals surface area contributed by atoms with E-state index in [1.807, 2.05) is 44.2 Å². The summed E-state index contributed by atoms with van der Waals surface area (Å²) >= 11 is 0. The minimum absolute atomic E-state index is 0.000657. The van der Waals surface area contributed by atoms with E-state index in [-0.39, 0.29) is 30.5 Å². The van der Waals surface area contributed by atoms with Gasteiger partial charge in [0.05, 0.1) is 12.4 Å². The minimum Gasteiger partial charge on any atom is -0.494 e. The molecule has 2 saturated carbocycles. The average molecular weight is 583 g/mol. The standard InChI is InChI=1S/C30H38N4O6S/c1-29(2)24-14-15-30(29,27(35)19-24)21-41(37,38)33-26(28(36)40-20-23-8-4-3-5-9-23)18-22-10-12-25(13-11-22)39-17-7-6-16-32-34-31/h3-5,8-13,24,26,33H,6-7,14-21H2,1-2H3/t24?,26-,30?/m0/s1. The summed E-state index contributed by atoms with van der Waals surface area (Å²) in [6.45, 7) is 4.87. The fraction of sp³-hybridized carbons (Fsp3) is 0.533. The molecule has 0 radical (unpaired) electrons. The van der Waals surface area contributed by atoms with Crippen LogP contribution in [0.5, 0.6) is 5.75 Å².